The molecule has 1 aliphatic rings. The van der Waals surface area contributed by atoms with Gasteiger partial charge in [0.1, 0.15) is 6.54 Å². The molecule has 106 valence electrons. The second-order valence-corrected chi connectivity index (χ2v) is 3.84. The van der Waals surface area contributed by atoms with Crippen molar-refractivity contribution in [1.29, 1.82) is 0 Å². The van der Waals surface area contributed by atoms with E-state index in [-0.39, 0.29) is 36.4 Å². The molecule has 1 aliphatic heterocycles. The molecule has 0 radical (unpaired) electrons. The van der Waals surface area contributed by atoms with Gasteiger partial charge in [0.15, 0.2) is 5.96 Å². The number of carbonyl (C=O) groups excluding carboxylic acids is 1. The fourth-order valence-corrected chi connectivity index (χ4v) is 1.71. The van der Waals surface area contributed by atoms with Crippen LogP contribution in [-0.4, -0.2) is 67.6 Å². The maximum Gasteiger partial charge on any atom is 0.244 e. The highest BCUT2D eigenvalue weighted by Crippen LogP contribution is 1.98. The molecule has 0 aromatic carbocycles. The quantitative estimate of drug-likeness (QED) is 0.434. The first kappa shape index (κ1) is 17.4. The van der Waals surface area contributed by atoms with E-state index in [9.17, 15) is 4.79 Å². The number of carbonyl (C=O) groups is 1. The number of ether oxygens (including phenoxy) is 1. The summed E-state index contributed by atoms with van der Waals surface area (Å²) in [5.41, 5.74) is 5.80. The lowest BCUT2D eigenvalue weighted by Gasteiger charge is -2.26. The summed E-state index contributed by atoms with van der Waals surface area (Å²) in [7, 11) is 0. The molecule has 0 atom stereocenters. The second kappa shape index (κ2) is 9.37. The summed E-state index contributed by atoms with van der Waals surface area (Å²) in [5.74, 6) is 0.458. The Kier molecular flexibility index (Phi) is 9.08. The Morgan fingerprint density at radius 1 is 1.33 bits per heavy atom. The summed E-state index contributed by atoms with van der Waals surface area (Å²) in [4.78, 5) is 19.6. The van der Waals surface area contributed by atoms with Crippen molar-refractivity contribution in [2.75, 3.05) is 45.9 Å². The molecule has 0 unspecified atom stereocenters. The molecule has 0 saturated carbocycles. The lowest BCUT2D eigenvalue weighted by Crippen LogP contribution is -2.43. The molecule has 0 aromatic rings. The van der Waals surface area contributed by atoms with Crippen molar-refractivity contribution in [3.05, 3.63) is 0 Å². The third-order valence-corrected chi connectivity index (χ3v) is 2.83. The summed E-state index contributed by atoms with van der Waals surface area (Å²) in [5, 5.41) is 0. The Labute approximate surface area is 126 Å². The van der Waals surface area contributed by atoms with E-state index in [4.69, 9.17) is 10.5 Å². The topological polar surface area (TPSA) is 71.2 Å². The van der Waals surface area contributed by atoms with Gasteiger partial charge in [-0.2, -0.15) is 0 Å². The van der Waals surface area contributed by atoms with E-state index in [1.165, 1.54) is 0 Å². The van der Waals surface area contributed by atoms with Crippen LogP contribution in [0, 0.1) is 0 Å². The van der Waals surface area contributed by atoms with Gasteiger partial charge < -0.3 is 20.3 Å². The molecule has 0 aromatic heterocycles. The van der Waals surface area contributed by atoms with Crippen molar-refractivity contribution in [3.63, 3.8) is 0 Å². The van der Waals surface area contributed by atoms with Crippen molar-refractivity contribution < 1.29 is 9.53 Å². The zero-order valence-corrected chi connectivity index (χ0v) is 13.4. The van der Waals surface area contributed by atoms with Gasteiger partial charge in [-0.25, -0.2) is 4.99 Å². The average Bonchev–Trinajstić information content (AvgIpc) is 2.38. The first-order valence-electron chi connectivity index (χ1n) is 6.09. The SMILES string of the molecule is CCN(CC)C(N)=NCC(=O)N1CCOCC1.I. The minimum absolute atomic E-state index is 0. The van der Waals surface area contributed by atoms with Crippen molar-refractivity contribution in [2.24, 2.45) is 10.7 Å². The Morgan fingerprint density at radius 3 is 2.39 bits per heavy atom. The van der Waals surface area contributed by atoms with Crippen molar-refractivity contribution >= 4 is 35.8 Å². The highest BCUT2D eigenvalue weighted by Gasteiger charge is 2.16. The molecule has 0 aliphatic carbocycles. The van der Waals surface area contributed by atoms with Crippen LogP contribution >= 0.6 is 24.0 Å². The molecule has 7 heteroatoms. The predicted molar refractivity (Wildman–Crippen MR) is 82.2 cm³/mol. The number of halogens is 1. The Balaban J connectivity index is 0.00000289. The first-order chi connectivity index (χ1) is 8.19. The Morgan fingerprint density at radius 2 is 1.89 bits per heavy atom. The number of nitrogens with two attached hydrogens (primary N) is 1. The normalized spacial score (nSPS) is 16.1. The monoisotopic (exact) mass is 370 g/mol. The lowest BCUT2D eigenvalue weighted by molar-refractivity contribution is -0.133. The van der Waals surface area contributed by atoms with E-state index in [0.29, 0.717) is 32.3 Å². The van der Waals surface area contributed by atoms with Crippen LogP contribution in [0.3, 0.4) is 0 Å². The molecule has 1 heterocycles. The fraction of sp³-hybridized carbons (Fsp3) is 0.818. The second-order valence-electron chi connectivity index (χ2n) is 3.84. The number of morpholine rings is 1. The third kappa shape index (κ3) is 5.38. The van der Waals surface area contributed by atoms with Gasteiger partial charge in [0.25, 0.3) is 0 Å². The zero-order valence-electron chi connectivity index (χ0n) is 11.1. The van der Waals surface area contributed by atoms with Gasteiger partial charge in [0.05, 0.1) is 13.2 Å². The van der Waals surface area contributed by atoms with E-state index < -0.39 is 0 Å². The standard InChI is InChI=1S/C11H22N4O2.HI/c1-3-14(4-2)11(12)13-9-10(16)15-5-7-17-8-6-15;/h3-9H2,1-2H3,(H2,12,13);1H. The molecule has 1 rings (SSSR count). The Bertz CT molecular complexity index is 276. The smallest absolute Gasteiger partial charge is 0.244 e. The lowest BCUT2D eigenvalue weighted by atomic mass is 10.4. The number of hydrogen-bond donors (Lipinski definition) is 1. The molecule has 0 spiro atoms. The minimum atomic E-state index is 0. The first-order valence-corrected chi connectivity index (χ1v) is 6.09. The summed E-state index contributed by atoms with van der Waals surface area (Å²) in [6, 6.07) is 0. The van der Waals surface area contributed by atoms with Gasteiger partial charge in [0.2, 0.25) is 5.91 Å². The molecule has 2 N–H and O–H groups in total. The van der Waals surface area contributed by atoms with Crippen LogP contribution in [0.4, 0.5) is 0 Å². The van der Waals surface area contributed by atoms with Gasteiger partial charge >= 0.3 is 0 Å². The zero-order chi connectivity index (χ0) is 12.7. The molecule has 0 bridgehead atoms. The highest BCUT2D eigenvalue weighted by atomic mass is 127. The van der Waals surface area contributed by atoms with Crippen molar-refractivity contribution in [3.8, 4) is 0 Å². The number of rotatable bonds is 4. The number of aliphatic imine (C=N–C) groups is 1. The number of hydrogen-bond acceptors (Lipinski definition) is 3. The van der Waals surface area contributed by atoms with E-state index in [1.807, 2.05) is 18.7 Å². The predicted octanol–water partition coefficient (Wildman–Crippen LogP) is 0.120. The van der Waals surface area contributed by atoms with Gasteiger partial charge in [-0.1, -0.05) is 0 Å². The minimum Gasteiger partial charge on any atom is -0.378 e. The molecule has 18 heavy (non-hydrogen) atoms. The van der Waals surface area contributed by atoms with Crippen LogP contribution in [0.25, 0.3) is 0 Å². The highest BCUT2D eigenvalue weighted by molar-refractivity contribution is 14.0. The summed E-state index contributed by atoms with van der Waals surface area (Å²) in [6.45, 7) is 8.28. The average molecular weight is 370 g/mol. The Hall–Kier alpha value is -0.570. The molecule has 1 amide bonds. The summed E-state index contributed by atoms with van der Waals surface area (Å²) in [6.07, 6.45) is 0. The van der Waals surface area contributed by atoms with Crippen LogP contribution in [0.15, 0.2) is 4.99 Å². The van der Waals surface area contributed by atoms with Crippen molar-refractivity contribution in [2.45, 2.75) is 13.8 Å². The van der Waals surface area contributed by atoms with E-state index >= 15 is 0 Å². The fourth-order valence-electron chi connectivity index (χ4n) is 1.71. The van der Waals surface area contributed by atoms with Crippen LogP contribution in [-0.2, 0) is 9.53 Å². The van der Waals surface area contributed by atoms with Crippen LogP contribution in [0.1, 0.15) is 13.8 Å². The molecular weight excluding hydrogens is 347 g/mol. The van der Waals surface area contributed by atoms with Gasteiger partial charge in [-0.3, -0.25) is 4.79 Å². The maximum absolute atomic E-state index is 11.8. The van der Waals surface area contributed by atoms with Crippen LogP contribution < -0.4 is 5.73 Å². The van der Waals surface area contributed by atoms with Crippen molar-refractivity contribution in [1.82, 2.24) is 9.80 Å². The van der Waals surface area contributed by atoms with Gasteiger partial charge in [-0.15, -0.1) is 24.0 Å². The van der Waals surface area contributed by atoms with E-state index in [1.54, 1.807) is 4.90 Å². The summed E-state index contributed by atoms with van der Waals surface area (Å²) >= 11 is 0. The largest absolute Gasteiger partial charge is 0.378 e. The summed E-state index contributed by atoms with van der Waals surface area (Å²) < 4.78 is 5.19. The number of guanidine groups is 1. The number of amides is 1. The third-order valence-electron chi connectivity index (χ3n) is 2.83. The number of nitrogens with zero attached hydrogens (tertiary/aromatic N) is 3. The molecular formula is C11H23IN4O2. The van der Waals surface area contributed by atoms with E-state index in [2.05, 4.69) is 4.99 Å². The molecule has 6 nitrogen and oxygen atoms in total. The van der Waals surface area contributed by atoms with Gasteiger partial charge in [-0.05, 0) is 13.8 Å². The molecule has 1 saturated heterocycles. The van der Waals surface area contributed by atoms with Crippen LogP contribution in [0.2, 0.25) is 0 Å². The maximum atomic E-state index is 11.8. The van der Waals surface area contributed by atoms with Gasteiger partial charge in [0, 0.05) is 26.2 Å². The van der Waals surface area contributed by atoms with Crippen LogP contribution in [0.5, 0.6) is 0 Å². The molecule has 1 fully saturated rings. The van der Waals surface area contributed by atoms with E-state index in [0.717, 1.165) is 13.1 Å².